The van der Waals surface area contributed by atoms with E-state index in [0.29, 0.717) is 6.04 Å². The molecule has 0 spiro atoms. The maximum absolute atomic E-state index is 11.0. The monoisotopic (exact) mass is 258 g/mol. The second-order valence-electron chi connectivity index (χ2n) is 5.80. The molecule has 0 unspecified atom stereocenters. The van der Waals surface area contributed by atoms with Crippen molar-refractivity contribution in [2.24, 2.45) is 0 Å². The number of fused-ring (bicyclic) bond motifs is 1. The lowest BCUT2D eigenvalue weighted by atomic mass is 9.92. The van der Waals surface area contributed by atoms with Crippen molar-refractivity contribution in [2.75, 3.05) is 0 Å². The summed E-state index contributed by atoms with van der Waals surface area (Å²) >= 11 is 0. The molecule has 100 valence electrons. The minimum Gasteiger partial charge on any atom is -0.481 e. The summed E-state index contributed by atoms with van der Waals surface area (Å²) < 4.78 is 2.13. The van der Waals surface area contributed by atoms with Gasteiger partial charge in [0.2, 0.25) is 0 Å². The molecule has 0 atom stereocenters. The van der Waals surface area contributed by atoms with Gasteiger partial charge in [0.1, 0.15) is 0 Å². The molecule has 0 radical (unpaired) electrons. The van der Waals surface area contributed by atoms with Crippen molar-refractivity contribution in [2.45, 2.75) is 44.6 Å². The number of carboxylic acid groups (broad SMARTS) is 1. The number of imidazole rings is 1. The van der Waals surface area contributed by atoms with Crippen LogP contribution in [0.2, 0.25) is 0 Å². The first kappa shape index (κ1) is 12.2. The van der Waals surface area contributed by atoms with E-state index in [-0.39, 0.29) is 11.8 Å². The van der Waals surface area contributed by atoms with Gasteiger partial charge in [-0.15, -0.1) is 0 Å². The van der Waals surface area contributed by atoms with E-state index in [1.165, 1.54) is 0 Å². The molecule has 2 aromatic rings. The Hall–Kier alpha value is -1.84. The summed E-state index contributed by atoms with van der Waals surface area (Å²) in [6.45, 7) is 4.25. The summed E-state index contributed by atoms with van der Waals surface area (Å²) in [4.78, 5) is 15.4. The lowest BCUT2D eigenvalue weighted by Crippen LogP contribution is -2.12. The molecular formula is C15H18N2O2. The molecule has 1 aliphatic carbocycles. The third kappa shape index (κ3) is 2.01. The van der Waals surface area contributed by atoms with Crippen LogP contribution in [0.1, 0.15) is 44.7 Å². The Morgan fingerprint density at radius 1 is 1.47 bits per heavy atom. The van der Waals surface area contributed by atoms with E-state index in [2.05, 4.69) is 41.6 Å². The normalized spacial score (nSPS) is 17.0. The lowest BCUT2D eigenvalue weighted by Gasteiger charge is -2.13. The van der Waals surface area contributed by atoms with E-state index in [0.717, 1.165) is 29.4 Å². The van der Waals surface area contributed by atoms with E-state index in [4.69, 9.17) is 5.11 Å². The lowest BCUT2D eigenvalue weighted by molar-refractivity contribution is -0.137. The van der Waals surface area contributed by atoms with Crippen LogP contribution in [0.3, 0.4) is 0 Å². The fourth-order valence-corrected chi connectivity index (χ4v) is 2.78. The summed E-state index contributed by atoms with van der Waals surface area (Å²) in [5.41, 5.74) is 3.06. The molecule has 4 heteroatoms. The molecule has 1 aliphatic rings. The molecule has 1 fully saturated rings. The fraction of sp³-hybridized carbons (Fsp3) is 0.467. The van der Waals surface area contributed by atoms with Crippen LogP contribution in [0, 0.1) is 0 Å². The highest BCUT2D eigenvalue weighted by Gasteiger charge is 2.46. The SMILES string of the molecule is CC(C)n1cnc2cc(C3(CC(=O)O)CC3)ccc21. The fourth-order valence-electron chi connectivity index (χ4n) is 2.78. The van der Waals surface area contributed by atoms with Crippen molar-refractivity contribution in [3.8, 4) is 0 Å². The van der Waals surface area contributed by atoms with Crippen LogP contribution in [-0.2, 0) is 10.2 Å². The zero-order chi connectivity index (χ0) is 13.6. The third-order valence-corrected chi connectivity index (χ3v) is 4.09. The maximum atomic E-state index is 11.0. The third-order valence-electron chi connectivity index (χ3n) is 4.09. The van der Waals surface area contributed by atoms with Crippen molar-refractivity contribution >= 4 is 17.0 Å². The number of aromatic nitrogens is 2. The number of aliphatic carboxylic acids is 1. The molecule has 1 aromatic carbocycles. The van der Waals surface area contributed by atoms with Crippen LogP contribution in [-0.4, -0.2) is 20.6 Å². The Bertz CT molecular complexity index is 639. The standard InChI is InChI=1S/C15H18N2O2/c1-10(2)17-9-16-12-7-11(3-4-13(12)17)15(5-6-15)8-14(18)19/h3-4,7,9-10H,5-6,8H2,1-2H3,(H,18,19). The van der Waals surface area contributed by atoms with Gasteiger partial charge >= 0.3 is 5.97 Å². The number of hydrogen-bond donors (Lipinski definition) is 1. The van der Waals surface area contributed by atoms with Gasteiger partial charge in [-0.05, 0) is 44.4 Å². The Labute approximate surface area is 112 Å². The first-order chi connectivity index (χ1) is 9.02. The molecule has 1 N–H and O–H groups in total. The van der Waals surface area contributed by atoms with Gasteiger partial charge in [0.05, 0.1) is 23.8 Å². The highest BCUT2D eigenvalue weighted by atomic mass is 16.4. The maximum Gasteiger partial charge on any atom is 0.304 e. The Kier molecular flexibility index (Phi) is 2.62. The molecule has 19 heavy (non-hydrogen) atoms. The zero-order valence-electron chi connectivity index (χ0n) is 11.3. The first-order valence-electron chi connectivity index (χ1n) is 6.71. The smallest absolute Gasteiger partial charge is 0.304 e. The average Bonchev–Trinajstić information content (AvgIpc) is 2.99. The molecule has 4 nitrogen and oxygen atoms in total. The number of carboxylic acids is 1. The predicted molar refractivity (Wildman–Crippen MR) is 73.3 cm³/mol. The van der Waals surface area contributed by atoms with E-state index < -0.39 is 5.97 Å². The van der Waals surface area contributed by atoms with Crippen molar-refractivity contribution in [3.63, 3.8) is 0 Å². The van der Waals surface area contributed by atoms with Crippen LogP contribution < -0.4 is 0 Å². The van der Waals surface area contributed by atoms with E-state index in [9.17, 15) is 4.79 Å². The van der Waals surface area contributed by atoms with Gasteiger partial charge in [0.15, 0.2) is 0 Å². The average molecular weight is 258 g/mol. The zero-order valence-corrected chi connectivity index (χ0v) is 11.3. The van der Waals surface area contributed by atoms with Crippen LogP contribution in [0.15, 0.2) is 24.5 Å². The Morgan fingerprint density at radius 2 is 2.21 bits per heavy atom. The number of nitrogens with zero attached hydrogens (tertiary/aromatic N) is 2. The number of hydrogen-bond acceptors (Lipinski definition) is 2. The van der Waals surface area contributed by atoms with Crippen molar-refractivity contribution in [1.29, 1.82) is 0 Å². The van der Waals surface area contributed by atoms with E-state index in [1.54, 1.807) is 0 Å². The highest BCUT2D eigenvalue weighted by molar-refractivity contribution is 5.78. The first-order valence-corrected chi connectivity index (χ1v) is 6.71. The molecule has 3 rings (SSSR count). The number of carbonyl (C=O) groups is 1. The van der Waals surface area contributed by atoms with Crippen molar-refractivity contribution in [1.82, 2.24) is 9.55 Å². The van der Waals surface area contributed by atoms with E-state index >= 15 is 0 Å². The summed E-state index contributed by atoms with van der Waals surface area (Å²) in [5.74, 6) is -0.717. The summed E-state index contributed by atoms with van der Waals surface area (Å²) in [7, 11) is 0. The van der Waals surface area contributed by atoms with Gasteiger partial charge in [-0.1, -0.05) is 6.07 Å². The summed E-state index contributed by atoms with van der Waals surface area (Å²) in [5, 5.41) is 9.02. The predicted octanol–water partition coefficient (Wildman–Crippen LogP) is 3.12. The molecular weight excluding hydrogens is 240 g/mol. The topological polar surface area (TPSA) is 55.1 Å². The van der Waals surface area contributed by atoms with Gasteiger partial charge in [-0.25, -0.2) is 4.98 Å². The van der Waals surface area contributed by atoms with Crippen LogP contribution >= 0.6 is 0 Å². The highest BCUT2D eigenvalue weighted by Crippen LogP contribution is 2.51. The molecule has 0 aliphatic heterocycles. The minimum absolute atomic E-state index is 0.137. The van der Waals surface area contributed by atoms with E-state index in [1.807, 2.05) is 6.33 Å². The Morgan fingerprint density at radius 3 is 2.79 bits per heavy atom. The largest absolute Gasteiger partial charge is 0.481 e. The molecule has 1 aromatic heterocycles. The second kappa shape index (κ2) is 4.08. The van der Waals surface area contributed by atoms with Crippen molar-refractivity contribution < 1.29 is 9.90 Å². The van der Waals surface area contributed by atoms with Crippen molar-refractivity contribution in [3.05, 3.63) is 30.1 Å². The summed E-state index contributed by atoms with van der Waals surface area (Å²) in [6.07, 6.45) is 4.02. The quantitative estimate of drug-likeness (QED) is 0.916. The molecule has 0 amide bonds. The number of benzene rings is 1. The molecule has 1 heterocycles. The van der Waals surface area contributed by atoms with Crippen LogP contribution in [0.4, 0.5) is 0 Å². The van der Waals surface area contributed by atoms with Crippen LogP contribution in [0.25, 0.3) is 11.0 Å². The summed E-state index contributed by atoms with van der Waals surface area (Å²) in [6, 6.07) is 6.58. The van der Waals surface area contributed by atoms with Gasteiger partial charge < -0.3 is 9.67 Å². The molecule has 0 saturated heterocycles. The number of rotatable bonds is 4. The Balaban J connectivity index is 2.01. The minimum atomic E-state index is -0.717. The van der Waals surface area contributed by atoms with Crippen LogP contribution in [0.5, 0.6) is 0 Å². The van der Waals surface area contributed by atoms with Gasteiger partial charge in [-0.3, -0.25) is 4.79 Å². The van der Waals surface area contributed by atoms with Gasteiger partial charge in [0, 0.05) is 11.5 Å². The van der Waals surface area contributed by atoms with Gasteiger partial charge in [-0.2, -0.15) is 0 Å². The second-order valence-corrected chi connectivity index (χ2v) is 5.80. The van der Waals surface area contributed by atoms with Gasteiger partial charge in [0.25, 0.3) is 0 Å². The molecule has 1 saturated carbocycles. The molecule has 0 bridgehead atoms.